The summed E-state index contributed by atoms with van der Waals surface area (Å²) in [4.78, 5) is 17.1. The molecule has 0 aromatic carbocycles. The maximum Gasteiger partial charge on any atom is 0.226 e. The van der Waals surface area contributed by atoms with Crippen LogP contribution >= 0.6 is 24.8 Å². The van der Waals surface area contributed by atoms with E-state index in [2.05, 4.69) is 35.9 Å². The Balaban J connectivity index is 0.00000180. The van der Waals surface area contributed by atoms with Gasteiger partial charge in [0.2, 0.25) is 5.91 Å². The molecule has 0 aromatic rings. The molecule has 2 fully saturated rings. The quantitative estimate of drug-likeness (QED) is 0.840. The van der Waals surface area contributed by atoms with Gasteiger partial charge < -0.3 is 15.1 Å². The van der Waals surface area contributed by atoms with Gasteiger partial charge in [-0.25, -0.2) is 0 Å². The number of carbonyl (C=O) groups is 1. The number of rotatable bonds is 2. The molecule has 2 rings (SSSR count). The Bertz CT molecular complexity index is 294. The van der Waals surface area contributed by atoms with Crippen LogP contribution in [-0.4, -0.2) is 60.5 Å². The SMILES string of the molecule is CC(C)N1CCC(C(=O)N2CCNC[C@@H]2C)CC1.Cl.Cl. The van der Waals surface area contributed by atoms with Crippen molar-refractivity contribution in [2.45, 2.75) is 45.7 Å². The monoisotopic (exact) mass is 325 g/mol. The molecule has 1 atom stereocenters. The Labute approximate surface area is 135 Å². The van der Waals surface area contributed by atoms with E-state index < -0.39 is 0 Å². The van der Waals surface area contributed by atoms with Gasteiger partial charge in [0, 0.05) is 37.6 Å². The van der Waals surface area contributed by atoms with Crippen LogP contribution in [0.5, 0.6) is 0 Å². The highest BCUT2D eigenvalue weighted by Crippen LogP contribution is 2.22. The fourth-order valence-corrected chi connectivity index (χ4v) is 3.07. The largest absolute Gasteiger partial charge is 0.337 e. The average Bonchev–Trinajstić information content (AvgIpc) is 2.38. The van der Waals surface area contributed by atoms with E-state index in [0.717, 1.165) is 45.6 Å². The first-order valence-corrected chi connectivity index (χ1v) is 7.35. The highest BCUT2D eigenvalue weighted by molar-refractivity contribution is 5.85. The molecule has 20 heavy (non-hydrogen) atoms. The number of likely N-dealkylation sites (tertiary alicyclic amines) is 1. The van der Waals surface area contributed by atoms with E-state index in [4.69, 9.17) is 0 Å². The third-order valence-corrected chi connectivity index (χ3v) is 4.39. The predicted octanol–water partition coefficient (Wildman–Crippen LogP) is 1.77. The van der Waals surface area contributed by atoms with Gasteiger partial charge in [0.15, 0.2) is 0 Å². The summed E-state index contributed by atoms with van der Waals surface area (Å²) in [5.74, 6) is 0.660. The topological polar surface area (TPSA) is 35.6 Å². The summed E-state index contributed by atoms with van der Waals surface area (Å²) in [5, 5.41) is 3.34. The van der Waals surface area contributed by atoms with Gasteiger partial charge in [0.05, 0.1) is 0 Å². The van der Waals surface area contributed by atoms with Crippen molar-refractivity contribution in [2.24, 2.45) is 5.92 Å². The van der Waals surface area contributed by atoms with Crippen LogP contribution in [0.1, 0.15) is 33.6 Å². The molecule has 0 spiro atoms. The van der Waals surface area contributed by atoms with Crippen molar-refractivity contribution < 1.29 is 4.79 Å². The number of piperazine rings is 1. The van der Waals surface area contributed by atoms with Gasteiger partial charge in [-0.3, -0.25) is 4.79 Å². The molecule has 0 saturated carbocycles. The smallest absolute Gasteiger partial charge is 0.226 e. The Morgan fingerprint density at radius 1 is 1.15 bits per heavy atom. The molecule has 2 saturated heterocycles. The summed E-state index contributed by atoms with van der Waals surface area (Å²) in [5.41, 5.74) is 0. The predicted molar refractivity (Wildman–Crippen MR) is 88.0 cm³/mol. The molecule has 1 N–H and O–H groups in total. The molecule has 0 bridgehead atoms. The van der Waals surface area contributed by atoms with Crippen molar-refractivity contribution >= 4 is 30.7 Å². The minimum absolute atomic E-state index is 0. The number of carbonyl (C=O) groups excluding carboxylic acids is 1. The first-order chi connectivity index (χ1) is 8.59. The maximum atomic E-state index is 12.5. The number of nitrogens with zero attached hydrogens (tertiary/aromatic N) is 2. The number of nitrogens with one attached hydrogen (secondary N) is 1. The van der Waals surface area contributed by atoms with Crippen molar-refractivity contribution in [1.82, 2.24) is 15.1 Å². The summed E-state index contributed by atoms with van der Waals surface area (Å²) >= 11 is 0. The Morgan fingerprint density at radius 3 is 2.25 bits per heavy atom. The van der Waals surface area contributed by atoms with Crippen LogP contribution in [0.4, 0.5) is 0 Å². The minimum Gasteiger partial charge on any atom is -0.337 e. The second-order valence-corrected chi connectivity index (χ2v) is 5.99. The van der Waals surface area contributed by atoms with Crippen LogP contribution < -0.4 is 5.32 Å². The molecular formula is C14H29Cl2N3O. The van der Waals surface area contributed by atoms with E-state index in [-0.39, 0.29) is 30.7 Å². The van der Waals surface area contributed by atoms with Crippen molar-refractivity contribution in [3.63, 3.8) is 0 Å². The Morgan fingerprint density at radius 2 is 1.75 bits per heavy atom. The summed E-state index contributed by atoms with van der Waals surface area (Å²) in [6, 6.07) is 0.966. The highest BCUT2D eigenvalue weighted by atomic mass is 35.5. The molecule has 2 aliphatic heterocycles. The molecule has 0 aliphatic carbocycles. The van der Waals surface area contributed by atoms with Crippen molar-refractivity contribution in [3.8, 4) is 0 Å². The van der Waals surface area contributed by atoms with Crippen LogP contribution in [0.25, 0.3) is 0 Å². The lowest BCUT2D eigenvalue weighted by atomic mass is 9.93. The first kappa shape index (κ1) is 20.0. The lowest BCUT2D eigenvalue weighted by molar-refractivity contribution is -0.140. The van der Waals surface area contributed by atoms with Gasteiger partial charge in [-0.05, 0) is 46.7 Å². The van der Waals surface area contributed by atoms with Gasteiger partial charge in [0.25, 0.3) is 0 Å². The van der Waals surface area contributed by atoms with E-state index >= 15 is 0 Å². The molecule has 0 aromatic heterocycles. The lowest BCUT2D eigenvalue weighted by Gasteiger charge is -2.39. The number of amides is 1. The molecule has 2 aliphatic rings. The fraction of sp³-hybridized carbons (Fsp3) is 0.929. The van der Waals surface area contributed by atoms with E-state index in [1.54, 1.807) is 0 Å². The number of piperidine rings is 1. The second kappa shape index (κ2) is 9.08. The normalized spacial score (nSPS) is 25.0. The highest BCUT2D eigenvalue weighted by Gasteiger charge is 2.32. The number of halogens is 2. The molecule has 0 unspecified atom stereocenters. The lowest BCUT2D eigenvalue weighted by Crippen LogP contribution is -2.55. The van der Waals surface area contributed by atoms with E-state index in [1.807, 2.05) is 0 Å². The standard InChI is InChI=1S/C14H27N3O.2ClH/c1-11(2)16-7-4-13(5-8-16)14(18)17-9-6-15-10-12(17)3;;/h11-13,15H,4-10H2,1-3H3;2*1H/t12-;;/m0../s1. The van der Waals surface area contributed by atoms with Crippen LogP contribution in [0.15, 0.2) is 0 Å². The van der Waals surface area contributed by atoms with Gasteiger partial charge in [-0.2, -0.15) is 0 Å². The zero-order valence-corrected chi connectivity index (χ0v) is 14.4. The minimum atomic E-state index is 0. The van der Waals surface area contributed by atoms with Gasteiger partial charge >= 0.3 is 0 Å². The van der Waals surface area contributed by atoms with Crippen LogP contribution in [0.3, 0.4) is 0 Å². The van der Waals surface area contributed by atoms with Gasteiger partial charge in [-0.15, -0.1) is 24.8 Å². The molecule has 2 heterocycles. The van der Waals surface area contributed by atoms with E-state index in [1.165, 1.54) is 0 Å². The molecule has 0 radical (unpaired) electrons. The number of hydrogen-bond donors (Lipinski definition) is 1. The maximum absolute atomic E-state index is 12.5. The summed E-state index contributed by atoms with van der Waals surface area (Å²) in [6.07, 6.45) is 2.07. The van der Waals surface area contributed by atoms with E-state index in [0.29, 0.717) is 18.0 Å². The zero-order chi connectivity index (χ0) is 13.1. The van der Waals surface area contributed by atoms with Crippen LogP contribution in [0.2, 0.25) is 0 Å². The molecule has 120 valence electrons. The Kier molecular flexibility index (Phi) is 9.07. The average molecular weight is 326 g/mol. The van der Waals surface area contributed by atoms with Crippen LogP contribution in [0, 0.1) is 5.92 Å². The van der Waals surface area contributed by atoms with Crippen molar-refractivity contribution in [1.29, 1.82) is 0 Å². The van der Waals surface area contributed by atoms with Crippen LogP contribution in [-0.2, 0) is 4.79 Å². The van der Waals surface area contributed by atoms with Gasteiger partial charge in [0.1, 0.15) is 0 Å². The van der Waals surface area contributed by atoms with Crippen molar-refractivity contribution in [3.05, 3.63) is 0 Å². The molecular weight excluding hydrogens is 297 g/mol. The van der Waals surface area contributed by atoms with Crippen molar-refractivity contribution in [2.75, 3.05) is 32.7 Å². The second-order valence-electron chi connectivity index (χ2n) is 5.99. The summed E-state index contributed by atoms with van der Waals surface area (Å²) in [6.45, 7) is 11.5. The fourth-order valence-electron chi connectivity index (χ4n) is 3.07. The summed E-state index contributed by atoms with van der Waals surface area (Å²) < 4.78 is 0. The third kappa shape index (κ3) is 4.76. The summed E-state index contributed by atoms with van der Waals surface area (Å²) in [7, 11) is 0. The number of hydrogen-bond acceptors (Lipinski definition) is 3. The van der Waals surface area contributed by atoms with E-state index in [9.17, 15) is 4.79 Å². The van der Waals surface area contributed by atoms with Gasteiger partial charge in [-0.1, -0.05) is 0 Å². The Hall–Kier alpha value is -0.0300. The first-order valence-electron chi connectivity index (χ1n) is 7.35. The third-order valence-electron chi connectivity index (χ3n) is 4.39. The molecule has 6 heteroatoms. The molecule has 4 nitrogen and oxygen atoms in total. The molecule has 1 amide bonds. The zero-order valence-electron chi connectivity index (χ0n) is 12.8.